The number of nitrogens with one attached hydrogen (secondary N) is 1. The topological polar surface area (TPSA) is 83.5 Å². The summed E-state index contributed by atoms with van der Waals surface area (Å²) < 4.78 is 27.3. The smallest absolute Gasteiger partial charge is 0.304 e. The largest absolute Gasteiger partial charge is 0.481 e. The van der Waals surface area contributed by atoms with Gasteiger partial charge in [0.05, 0.1) is 11.4 Å². The first kappa shape index (κ1) is 16.7. The molecule has 0 aliphatic rings. The number of benzene rings is 2. The van der Waals surface area contributed by atoms with E-state index in [4.69, 9.17) is 16.7 Å². The van der Waals surface area contributed by atoms with Gasteiger partial charge in [-0.3, -0.25) is 4.79 Å². The molecule has 0 heterocycles. The van der Waals surface area contributed by atoms with Crippen LogP contribution in [0.3, 0.4) is 0 Å². The van der Waals surface area contributed by atoms with E-state index in [0.29, 0.717) is 6.42 Å². The van der Waals surface area contributed by atoms with Gasteiger partial charge >= 0.3 is 5.97 Å². The highest BCUT2D eigenvalue weighted by atomic mass is 35.5. The number of carbonyl (C=O) groups is 1. The third-order valence-electron chi connectivity index (χ3n) is 3.33. The fraction of sp³-hybridized carbons (Fsp3) is 0.267. The maximum Gasteiger partial charge on any atom is 0.304 e. The lowest BCUT2D eigenvalue weighted by molar-refractivity contribution is -0.137. The average Bonchev–Trinajstić information content (AvgIpc) is 2.44. The SMILES string of the molecule is CC[C@@H](CC(=O)O)NS(=O)(=O)c1cc2ccccc2cc1Cl. The predicted molar refractivity (Wildman–Crippen MR) is 85.6 cm³/mol. The zero-order chi connectivity index (χ0) is 16.3. The van der Waals surface area contributed by atoms with Gasteiger partial charge in [-0.2, -0.15) is 0 Å². The molecule has 2 aromatic carbocycles. The summed E-state index contributed by atoms with van der Waals surface area (Å²) in [6.07, 6.45) is 0.0949. The molecule has 2 N–H and O–H groups in total. The van der Waals surface area contributed by atoms with Crippen LogP contribution in [-0.4, -0.2) is 25.5 Å². The van der Waals surface area contributed by atoms with Crippen LogP contribution >= 0.6 is 11.6 Å². The molecule has 0 aliphatic heterocycles. The van der Waals surface area contributed by atoms with Crippen LogP contribution in [0.4, 0.5) is 0 Å². The molecule has 0 aromatic heterocycles. The Morgan fingerprint density at radius 2 is 1.86 bits per heavy atom. The van der Waals surface area contributed by atoms with Gasteiger partial charge in [-0.25, -0.2) is 13.1 Å². The predicted octanol–water partition coefficient (Wildman–Crippen LogP) is 3.02. The fourth-order valence-electron chi connectivity index (χ4n) is 2.16. The van der Waals surface area contributed by atoms with Crippen molar-refractivity contribution in [2.75, 3.05) is 0 Å². The number of aliphatic carboxylic acids is 1. The van der Waals surface area contributed by atoms with Gasteiger partial charge in [0.15, 0.2) is 0 Å². The van der Waals surface area contributed by atoms with Gasteiger partial charge in [-0.15, -0.1) is 0 Å². The van der Waals surface area contributed by atoms with Gasteiger partial charge in [-0.05, 0) is 29.3 Å². The van der Waals surface area contributed by atoms with Crippen molar-refractivity contribution in [3.05, 3.63) is 41.4 Å². The van der Waals surface area contributed by atoms with E-state index in [-0.39, 0.29) is 16.3 Å². The Balaban J connectivity index is 2.40. The molecule has 118 valence electrons. The summed E-state index contributed by atoms with van der Waals surface area (Å²) in [5.74, 6) is -1.06. The van der Waals surface area contributed by atoms with E-state index in [9.17, 15) is 13.2 Å². The van der Waals surface area contributed by atoms with Crippen LogP contribution in [0.15, 0.2) is 41.3 Å². The Morgan fingerprint density at radius 1 is 1.27 bits per heavy atom. The first-order chi connectivity index (χ1) is 10.3. The fourth-order valence-corrected chi connectivity index (χ4v) is 4.05. The minimum Gasteiger partial charge on any atom is -0.481 e. The van der Waals surface area contributed by atoms with Crippen molar-refractivity contribution in [1.29, 1.82) is 0 Å². The van der Waals surface area contributed by atoms with Crippen molar-refractivity contribution in [2.45, 2.75) is 30.7 Å². The summed E-state index contributed by atoms with van der Waals surface area (Å²) >= 11 is 6.08. The van der Waals surface area contributed by atoms with Crippen molar-refractivity contribution in [1.82, 2.24) is 4.72 Å². The Labute approximate surface area is 134 Å². The number of sulfonamides is 1. The second-order valence-corrected chi connectivity index (χ2v) is 7.04. The van der Waals surface area contributed by atoms with Gasteiger partial charge < -0.3 is 5.11 Å². The van der Waals surface area contributed by atoms with E-state index in [2.05, 4.69) is 4.72 Å². The number of carboxylic acid groups (broad SMARTS) is 1. The minimum atomic E-state index is -3.88. The molecule has 22 heavy (non-hydrogen) atoms. The van der Waals surface area contributed by atoms with Gasteiger partial charge in [0.25, 0.3) is 0 Å². The lowest BCUT2D eigenvalue weighted by Crippen LogP contribution is -2.36. The third kappa shape index (κ3) is 3.76. The summed E-state index contributed by atoms with van der Waals surface area (Å²) in [7, 11) is -3.88. The second kappa shape index (κ2) is 6.64. The standard InChI is InChI=1S/C15H16ClNO4S/c1-2-12(9-15(18)19)17-22(20,21)14-8-11-6-4-3-5-10(11)7-13(14)16/h3-8,12,17H,2,9H2,1H3,(H,18,19)/t12-/m0/s1. The van der Waals surface area contributed by atoms with E-state index in [1.54, 1.807) is 25.1 Å². The normalized spacial score (nSPS) is 13.2. The lowest BCUT2D eigenvalue weighted by Gasteiger charge is -2.16. The Morgan fingerprint density at radius 3 is 2.41 bits per heavy atom. The van der Waals surface area contributed by atoms with E-state index >= 15 is 0 Å². The number of rotatable bonds is 6. The zero-order valence-corrected chi connectivity index (χ0v) is 13.5. The van der Waals surface area contributed by atoms with Crippen molar-refractivity contribution >= 4 is 38.4 Å². The molecular weight excluding hydrogens is 326 g/mol. The molecular formula is C15H16ClNO4S. The average molecular weight is 342 g/mol. The molecule has 0 aliphatic carbocycles. The van der Waals surface area contributed by atoms with Gasteiger partial charge in [-0.1, -0.05) is 42.8 Å². The quantitative estimate of drug-likeness (QED) is 0.846. The highest BCUT2D eigenvalue weighted by Gasteiger charge is 2.23. The molecule has 2 rings (SSSR count). The van der Waals surface area contributed by atoms with Gasteiger partial charge in [0.2, 0.25) is 10.0 Å². The van der Waals surface area contributed by atoms with Crippen LogP contribution in [-0.2, 0) is 14.8 Å². The zero-order valence-electron chi connectivity index (χ0n) is 11.9. The monoisotopic (exact) mass is 341 g/mol. The lowest BCUT2D eigenvalue weighted by atomic mass is 10.1. The highest BCUT2D eigenvalue weighted by Crippen LogP contribution is 2.27. The second-order valence-electron chi connectivity index (χ2n) is 4.95. The molecule has 0 saturated heterocycles. The van der Waals surface area contributed by atoms with Crippen LogP contribution < -0.4 is 4.72 Å². The van der Waals surface area contributed by atoms with Crippen LogP contribution in [0.1, 0.15) is 19.8 Å². The van der Waals surface area contributed by atoms with Crippen LogP contribution in [0, 0.1) is 0 Å². The summed E-state index contributed by atoms with van der Waals surface area (Å²) in [6.45, 7) is 1.72. The third-order valence-corrected chi connectivity index (χ3v) is 5.31. The molecule has 0 bridgehead atoms. The molecule has 0 amide bonds. The summed E-state index contributed by atoms with van der Waals surface area (Å²) in [6, 6.07) is 9.68. The van der Waals surface area contributed by atoms with Gasteiger partial charge in [0.1, 0.15) is 4.90 Å². The number of hydrogen-bond donors (Lipinski definition) is 2. The van der Waals surface area contributed by atoms with Gasteiger partial charge in [0, 0.05) is 6.04 Å². The molecule has 0 radical (unpaired) electrons. The number of fused-ring (bicyclic) bond motifs is 1. The molecule has 0 saturated carbocycles. The van der Waals surface area contributed by atoms with Crippen LogP contribution in [0.25, 0.3) is 10.8 Å². The van der Waals surface area contributed by atoms with Crippen LogP contribution in [0.5, 0.6) is 0 Å². The summed E-state index contributed by atoms with van der Waals surface area (Å²) in [5, 5.41) is 10.5. The van der Waals surface area contributed by atoms with E-state index in [0.717, 1.165) is 10.8 Å². The molecule has 0 unspecified atom stereocenters. The molecule has 0 spiro atoms. The molecule has 5 nitrogen and oxygen atoms in total. The van der Waals surface area contributed by atoms with Crippen molar-refractivity contribution in [2.24, 2.45) is 0 Å². The summed E-state index contributed by atoms with van der Waals surface area (Å²) in [4.78, 5) is 10.7. The maximum absolute atomic E-state index is 12.5. The minimum absolute atomic E-state index is 0.0447. The van der Waals surface area contributed by atoms with Crippen LogP contribution in [0.2, 0.25) is 5.02 Å². The number of hydrogen-bond acceptors (Lipinski definition) is 3. The van der Waals surface area contributed by atoms with Crippen molar-refractivity contribution in [3.63, 3.8) is 0 Å². The maximum atomic E-state index is 12.5. The first-order valence-corrected chi connectivity index (χ1v) is 8.62. The molecule has 0 fully saturated rings. The number of halogens is 1. The Kier molecular flexibility index (Phi) is 5.05. The molecule has 7 heteroatoms. The van der Waals surface area contributed by atoms with E-state index in [1.807, 2.05) is 12.1 Å². The highest BCUT2D eigenvalue weighted by molar-refractivity contribution is 7.89. The van der Waals surface area contributed by atoms with Crippen molar-refractivity contribution in [3.8, 4) is 0 Å². The Bertz CT molecular complexity index is 804. The van der Waals surface area contributed by atoms with E-state index < -0.39 is 22.0 Å². The summed E-state index contributed by atoms with van der Waals surface area (Å²) in [5.41, 5.74) is 0. The molecule has 1 atom stereocenters. The van der Waals surface area contributed by atoms with Crippen molar-refractivity contribution < 1.29 is 18.3 Å². The number of carboxylic acids is 1. The van der Waals surface area contributed by atoms with E-state index in [1.165, 1.54) is 6.07 Å². The first-order valence-electron chi connectivity index (χ1n) is 6.76. The Hall–Kier alpha value is -1.63. The molecule has 2 aromatic rings.